The monoisotopic (exact) mass is 282 g/mol. The van der Waals surface area contributed by atoms with Crippen LogP contribution in [0.4, 0.5) is 0 Å². The van der Waals surface area contributed by atoms with Crippen LogP contribution in [0.3, 0.4) is 0 Å². The van der Waals surface area contributed by atoms with Gasteiger partial charge in [0.2, 0.25) is 0 Å². The zero-order chi connectivity index (χ0) is 14.9. The number of benzene rings is 2. The summed E-state index contributed by atoms with van der Waals surface area (Å²) in [5.41, 5.74) is 2.44. The molecule has 2 heteroatoms. The van der Waals surface area contributed by atoms with E-state index in [-0.39, 0.29) is 0 Å². The van der Waals surface area contributed by atoms with Gasteiger partial charge < -0.3 is 9.47 Å². The lowest BCUT2D eigenvalue weighted by Gasteiger charge is -2.14. The maximum absolute atomic E-state index is 5.87. The Kier molecular flexibility index (Phi) is 6.04. The van der Waals surface area contributed by atoms with Gasteiger partial charge in [-0.15, -0.1) is 0 Å². The number of rotatable bonds is 7. The van der Waals surface area contributed by atoms with E-state index in [4.69, 9.17) is 9.47 Å². The van der Waals surface area contributed by atoms with Crippen molar-refractivity contribution in [3.8, 4) is 5.75 Å². The van der Waals surface area contributed by atoms with Crippen molar-refractivity contribution in [2.45, 2.75) is 19.4 Å². The van der Waals surface area contributed by atoms with Crippen molar-refractivity contribution in [3.05, 3.63) is 77.9 Å². The molecule has 21 heavy (non-hydrogen) atoms. The molecular formula is C19H22O2. The van der Waals surface area contributed by atoms with Crippen molar-refractivity contribution < 1.29 is 9.47 Å². The van der Waals surface area contributed by atoms with Gasteiger partial charge in [-0.05, 0) is 30.2 Å². The summed E-state index contributed by atoms with van der Waals surface area (Å²) in [6, 6.07) is 18.4. The first-order valence-electron chi connectivity index (χ1n) is 7.22. The second kappa shape index (κ2) is 8.28. The first-order chi connectivity index (χ1) is 10.3. The van der Waals surface area contributed by atoms with Crippen LogP contribution in [-0.2, 0) is 11.3 Å². The molecule has 0 aliphatic rings. The fourth-order valence-corrected chi connectivity index (χ4v) is 2.22. The lowest BCUT2D eigenvalue weighted by Crippen LogP contribution is -2.05. The molecular weight excluding hydrogens is 260 g/mol. The highest BCUT2D eigenvalue weighted by atomic mass is 16.5. The molecule has 0 saturated heterocycles. The van der Waals surface area contributed by atoms with E-state index in [1.54, 1.807) is 7.11 Å². The summed E-state index contributed by atoms with van der Waals surface area (Å²) in [5, 5.41) is 0. The van der Waals surface area contributed by atoms with Crippen molar-refractivity contribution >= 4 is 0 Å². The Morgan fingerprint density at radius 3 is 2.33 bits per heavy atom. The van der Waals surface area contributed by atoms with Crippen molar-refractivity contribution in [2.75, 3.05) is 13.7 Å². The van der Waals surface area contributed by atoms with Crippen LogP contribution in [0.15, 0.2) is 66.7 Å². The third-order valence-corrected chi connectivity index (χ3v) is 3.38. The highest BCUT2D eigenvalue weighted by Crippen LogP contribution is 2.19. The average Bonchev–Trinajstić information content (AvgIpc) is 2.55. The summed E-state index contributed by atoms with van der Waals surface area (Å²) >= 11 is 0. The van der Waals surface area contributed by atoms with Crippen molar-refractivity contribution in [2.24, 2.45) is 0 Å². The Morgan fingerprint density at radius 2 is 1.71 bits per heavy atom. The second-order valence-electron chi connectivity index (χ2n) is 4.91. The normalized spacial score (nSPS) is 12.5. The van der Waals surface area contributed by atoms with E-state index >= 15 is 0 Å². The SMILES string of the molecule is C/C=C/[C@@H](COCc1ccc(OC)cc1)c1ccccc1. The van der Waals surface area contributed by atoms with Gasteiger partial charge in [0.15, 0.2) is 0 Å². The molecule has 0 unspecified atom stereocenters. The molecule has 0 radical (unpaired) electrons. The minimum atomic E-state index is 0.300. The number of methoxy groups -OCH3 is 1. The van der Waals surface area contributed by atoms with E-state index in [9.17, 15) is 0 Å². The Bertz CT molecular complexity index is 544. The Hall–Kier alpha value is -2.06. The van der Waals surface area contributed by atoms with E-state index in [2.05, 4.69) is 36.4 Å². The molecule has 0 bridgehead atoms. The van der Waals surface area contributed by atoms with Gasteiger partial charge in [-0.25, -0.2) is 0 Å². The van der Waals surface area contributed by atoms with Crippen LogP contribution in [0.1, 0.15) is 24.0 Å². The standard InChI is InChI=1S/C19H22O2/c1-3-7-18(17-8-5-4-6-9-17)15-21-14-16-10-12-19(20-2)13-11-16/h3-13,18H,14-15H2,1-2H3/b7-3+/t18-/m0/s1. The third kappa shape index (κ3) is 4.76. The van der Waals surface area contributed by atoms with E-state index in [1.807, 2.05) is 37.3 Å². The Labute approximate surface area is 127 Å². The van der Waals surface area contributed by atoms with Crippen molar-refractivity contribution in [3.63, 3.8) is 0 Å². The quantitative estimate of drug-likeness (QED) is 0.692. The Balaban J connectivity index is 1.90. The van der Waals surface area contributed by atoms with Gasteiger partial charge in [-0.3, -0.25) is 0 Å². The van der Waals surface area contributed by atoms with Crippen LogP contribution in [0, 0.1) is 0 Å². The summed E-state index contributed by atoms with van der Waals surface area (Å²) in [4.78, 5) is 0. The minimum absolute atomic E-state index is 0.300. The Morgan fingerprint density at radius 1 is 1.00 bits per heavy atom. The van der Waals surface area contributed by atoms with E-state index in [0.29, 0.717) is 19.1 Å². The molecule has 0 N–H and O–H groups in total. The highest BCUT2D eigenvalue weighted by molar-refractivity contribution is 5.27. The van der Waals surface area contributed by atoms with Crippen LogP contribution >= 0.6 is 0 Å². The molecule has 2 aromatic rings. The molecule has 1 atom stereocenters. The second-order valence-corrected chi connectivity index (χ2v) is 4.91. The average molecular weight is 282 g/mol. The molecule has 0 aliphatic carbocycles. The van der Waals surface area contributed by atoms with Crippen molar-refractivity contribution in [1.29, 1.82) is 0 Å². The number of allylic oxidation sites excluding steroid dienone is 1. The van der Waals surface area contributed by atoms with Crippen LogP contribution in [-0.4, -0.2) is 13.7 Å². The largest absolute Gasteiger partial charge is 0.497 e. The molecule has 0 heterocycles. The molecule has 0 saturated carbocycles. The predicted molar refractivity (Wildman–Crippen MR) is 86.6 cm³/mol. The fourth-order valence-electron chi connectivity index (χ4n) is 2.22. The lowest BCUT2D eigenvalue weighted by atomic mass is 10.00. The van der Waals surface area contributed by atoms with Gasteiger partial charge in [0.25, 0.3) is 0 Å². The summed E-state index contributed by atoms with van der Waals surface area (Å²) in [6.07, 6.45) is 4.26. The molecule has 0 amide bonds. The van der Waals surface area contributed by atoms with Crippen LogP contribution in [0.2, 0.25) is 0 Å². The fraction of sp³-hybridized carbons (Fsp3) is 0.263. The summed E-state index contributed by atoms with van der Waals surface area (Å²) < 4.78 is 11.0. The van der Waals surface area contributed by atoms with E-state index in [0.717, 1.165) is 11.3 Å². The van der Waals surface area contributed by atoms with Gasteiger partial charge >= 0.3 is 0 Å². The summed E-state index contributed by atoms with van der Waals surface area (Å²) in [5.74, 6) is 1.17. The van der Waals surface area contributed by atoms with Gasteiger partial charge in [0, 0.05) is 5.92 Å². The van der Waals surface area contributed by atoms with E-state index in [1.165, 1.54) is 5.56 Å². The molecule has 0 aromatic heterocycles. The number of ether oxygens (including phenoxy) is 2. The van der Waals surface area contributed by atoms with Crippen LogP contribution in [0.5, 0.6) is 5.75 Å². The maximum Gasteiger partial charge on any atom is 0.118 e. The molecule has 2 nitrogen and oxygen atoms in total. The zero-order valence-electron chi connectivity index (χ0n) is 12.7. The smallest absolute Gasteiger partial charge is 0.118 e. The summed E-state index contributed by atoms with van der Waals surface area (Å²) in [7, 11) is 1.67. The molecule has 0 aliphatic heterocycles. The van der Waals surface area contributed by atoms with Gasteiger partial charge in [0.05, 0.1) is 20.3 Å². The molecule has 110 valence electrons. The van der Waals surface area contributed by atoms with Gasteiger partial charge in [-0.1, -0.05) is 54.6 Å². The molecule has 0 spiro atoms. The first kappa shape index (κ1) is 15.3. The van der Waals surface area contributed by atoms with Gasteiger partial charge in [0.1, 0.15) is 5.75 Å². The molecule has 0 fully saturated rings. The molecule has 2 rings (SSSR count). The zero-order valence-corrected chi connectivity index (χ0v) is 12.7. The predicted octanol–water partition coefficient (Wildman–Crippen LogP) is 4.57. The van der Waals surface area contributed by atoms with Crippen molar-refractivity contribution in [1.82, 2.24) is 0 Å². The minimum Gasteiger partial charge on any atom is -0.497 e. The number of hydrogen-bond acceptors (Lipinski definition) is 2. The molecule has 2 aromatic carbocycles. The van der Waals surface area contributed by atoms with E-state index < -0.39 is 0 Å². The first-order valence-corrected chi connectivity index (χ1v) is 7.22. The van der Waals surface area contributed by atoms with Crippen LogP contribution in [0.25, 0.3) is 0 Å². The topological polar surface area (TPSA) is 18.5 Å². The third-order valence-electron chi connectivity index (χ3n) is 3.38. The summed E-state index contributed by atoms with van der Waals surface area (Å²) in [6.45, 7) is 3.34. The maximum atomic E-state index is 5.87. The lowest BCUT2D eigenvalue weighted by molar-refractivity contribution is 0.115. The van der Waals surface area contributed by atoms with Crippen LogP contribution < -0.4 is 4.74 Å². The van der Waals surface area contributed by atoms with Gasteiger partial charge in [-0.2, -0.15) is 0 Å². The highest BCUT2D eigenvalue weighted by Gasteiger charge is 2.07. The number of hydrogen-bond donors (Lipinski definition) is 0.